The molecule has 1 amide bonds. The van der Waals surface area contributed by atoms with Crippen molar-refractivity contribution in [1.29, 1.82) is 0 Å². The van der Waals surface area contributed by atoms with Crippen LogP contribution in [0.1, 0.15) is 31.2 Å². The standard InChI is InChI=1S/C14H19FN2O/c1-9-5-6-11(8-12(9)15)17-14(18)7-10-3-2-4-13(10)16/h5-6,8,10,13H,2-4,7,16H2,1H3,(H,17,18)/t10-,13+/m0/s1. The number of carbonyl (C=O) groups excluding carboxylic acids is 1. The van der Waals surface area contributed by atoms with E-state index in [9.17, 15) is 9.18 Å². The predicted molar refractivity (Wildman–Crippen MR) is 69.7 cm³/mol. The van der Waals surface area contributed by atoms with Gasteiger partial charge in [0.15, 0.2) is 0 Å². The highest BCUT2D eigenvalue weighted by molar-refractivity contribution is 5.90. The van der Waals surface area contributed by atoms with Crippen molar-refractivity contribution in [2.24, 2.45) is 11.7 Å². The monoisotopic (exact) mass is 250 g/mol. The van der Waals surface area contributed by atoms with Crippen LogP contribution in [0, 0.1) is 18.7 Å². The van der Waals surface area contributed by atoms with E-state index in [0.717, 1.165) is 19.3 Å². The van der Waals surface area contributed by atoms with Crippen molar-refractivity contribution in [2.45, 2.75) is 38.6 Å². The maximum atomic E-state index is 13.3. The minimum Gasteiger partial charge on any atom is -0.327 e. The van der Waals surface area contributed by atoms with Gasteiger partial charge in [0, 0.05) is 18.2 Å². The highest BCUT2D eigenvalue weighted by atomic mass is 19.1. The summed E-state index contributed by atoms with van der Waals surface area (Å²) >= 11 is 0. The highest BCUT2D eigenvalue weighted by Gasteiger charge is 2.25. The van der Waals surface area contributed by atoms with E-state index < -0.39 is 0 Å². The third-order valence-electron chi connectivity index (χ3n) is 3.62. The fourth-order valence-electron chi connectivity index (χ4n) is 2.44. The molecule has 0 radical (unpaired) electrons. The van der Waals surface area contributed by atoms with Gasteiger partial charge in [-0.1, -0.05) is 12.5 Å². The van der Waals surface area contributed by atoms with Gasteiger partial charge in [-0.15, -0.1) is 0 Å². The Hall–Kier alpha value is -1.42. The van der Waals surface area contributed by atoms with Crippen LogP contribution in [0.15, 0.2) is 18.2 Å². The second-order valence-corrected chi connectivity index (χ2v) is 5.07. The van der Waals surface area contributed by atoms with E-state index in [1.165, 1.54) is 6.07 Å². The summed E-state index contributed by atoms with van der Waals surface area (Å²) in [4.78, 5) is 11.8. The van der Waals surface area contributed by atoms with Crippen LogP contribution >= 0.6 is 0 Å². The topological polar surface area (TPSA) is 55.1 Å². The summed E-state index contributed by atoms with van der Waals surface area (Å²) in [6.07, 6.45) is 3.53. The van der Waals surface area contributed by atoms with Gasteiger partial charge in [0.2, 0.25) is 5.91 Å². The number of aryl methyl sites for hydroxylation is 1. The van der Waals surface area contributed by atoms with Crippen molar-refractivity contribution in [1.82, 2.24) is 0 Å². The summed E-state index contributed by atoms with van der Waals surface area (Å²) in [6, 6.07) is 4.85. The summed E-state index contributed by atoms with van der Waals surface area (Å²) in [6.45, 7) is 1.69. The number of benzene rings is 1. The van der Waals surface area contributed by atoms with Gasteiger partial charge in [-0.05, 0) is 43.4 Å². The second-order valence-electron chi connectivity index (χ2n) is 5.07. The first-order valence-corrected chi connectivity index (χ1v) is 6.38. The SMILES string of the molecule is Cc1ccc(NC(=O)C[C@@H]2CCC[C@H]2N)cc1F. The third-order valence-corrected chi connectivity index (χ3v) is 3.62. The third kappa shape index (κ3) is 3.07. The van der Waals surface area contributed by atoms with Gasteiger partial charge in [-0.2, -0.15) is 0 Å². The Morgan fingerprint density at radius 3 is 2.89 bits per heavy atom. The molecule has 0 bridgehead atoms. The predicted octanol–water partition coefficient (Wildman–Crippen LogP) is 2.59. The molecule has 1 aliphatic carbocycles. The number of halogens is 1. The van der Waals surface area contributed by atoms with Gasteiger partial charge in [0.1, 0.15) is 5.82 Å². The molecular weight excluding hydrogens is 231 g/mol. The summed E-state index contributed by atoms with van der Waals surface area (Å²) in [5.74, 6) is -0.119. The quantitative estimate of drug-likeness (QED) is 0.866. The zero-order valence-electron chi connectivity index (χ0n) is 10.6. The summed E-state index contributed by atoms with van der Waals surface area (Å²) in [5, 5.41) is 2.72. The summed E-state index contributed by atoms with van der Waals surface area (Å²) in [7, 11) is 0. The molecule has 0 heterocycles. The van der Waals surface area contributed by atoms with E-state index in [2.05, 4.69) is 5.32 Å². The molecule has 2 rings (SSSR count). The van der Waals surface area contributed by atoms with Crippen LogP contribution in [-0.2, 0) is 4.79 Å². The van der Waals surface area contributed by atoms with E-state index in [-0.39, 0.29) is 23.7 Å². The summed E-state index contributed by atoms with van der Waals surface area (Å²) in [5.41, 5.74) is 7.01. The Bertz CT molecular complexity index is 447. The number of amides is 1. The Kier molecular flexibility index (Phi) is 3.97. The number of rotatable bonds is 3. The maximum absolute atomic E-state index is 13.3. The molecule has 0 aliphatic heterocycles. The van der Waals surface area contributed by atoms with Crippen LogP contribution in [0.2, 0.25) is 0 Å². The van der Waals surface area contributed by atoms with Gasteiger partial charge >= 0.3 is 0 Å². The molecule has 18 heavy (non-hydrogen) atoms. The Balaban J connectivity index is 1.92. The normalized spacial score (nSPS) is 23.1. The smallest absolute Gasteiger partial charge is 0.224 e. The fraction of sp³-hybridized carbons (Fsp3) is 0.500. The van der Waals surface area contributed by atoms with E-state index >= 15 is 0 Å². The number of hydrogen-bond donors (Lipinski definition) is 2. The fourth-order valence-corrected chi connectivity index (χ4v) is 2.44. The van der Waals surface area contributed by atoms with E-state index in [1.54, 1.807) is 19.1 Å². The van der Waals surface area contributed by atoms with E-state index in [1.807, 2.05) is 0 Å². The lowest BCUT2D eigenvalue weighted by Crippen LogP contribution is -2.28. The van der Waals surface area contributed by atoms with Crippen LogP contribution < -0.4 is 11.1 Å². The molecule has 3 N–H and O–H groups in total. The van der Waals surface area contributed by atoms with Crippen molar-refractivity contribution in [3.05, 3.63) is 29.6 Å². The van der Waals surface area contributed by atoms with Gasteiger partial charge < -0.3 is 11.1 Å². The molecule has 1 saturated carbocycles. The number of nitrogens with two attached hydrogens (primary N) is 1. The van der Waals surface area contributed by atoms with E-state index in [4.69, 9.17) is 5.73 Å². The van der Waals surface area contributed by atoms with Crippen LogP contribution in [0.3, 0.4) is 0 Å². The molecule has 0 saturated heterocycles. The molecule has 1 aromatic rings. The number of hydrogen-bond acceptors (Lipinski definition) is 2. The van der Waals surface area contributed by atoms with Gasteiger partial charge in [0.05, 0.1) is 0 Å². The summed E-state index contributed by atoms with van der Waals surface area (Å²) < 4.78 is 13.3. The van der Waals surface area contributed by atoms with Crippen molar-refractivity contribution < 1.29 is 9.18 Å². The molecule has 0 aromatic heterocycles. The number of carbonyl (C=O) groups is 1. The molecule has 2 atom stereocenters. The van der Waals surface area contributed by atoms with Crippen LogP contribution in [0.5, 0.6) is 0 Å². The molecule has 98 valence electrons. The zero-order valence-corrected chi connectivity index (χ0v) is 10.6. The minimum absolute atomic E-state index is 0.0828. The largest absolute Gasteiger partial charge is 0.327 e. The van der Waals surface area contributed by atoms with Gasteiger partial charge in [-0.3, -0.25) is 4.79 Å². The molecule has 3 nitrogen and oxygen atoms in total. The Morgan fingerprint density at radius 1 is 1.50 bits per heavy atom. The molecule has 0 spiro atoms. The van der Waals surface area contributed by atoms with Crippen molar-refractivity contribution in [3.8, 4) is 0 Å². The van der Waals surface area contributed by atoms with Crippen molar-refractivity contribution >= 4 is 11.6 Å². The van der Waals surface area contributed by atoms with Gasteiger partial charge in [-0.25, -0.2) is 4.39 Å². The van der Waals surface area contributed by atoms with Crippen LogP contribution in [0.25, 0.3) is 0 Å². The Morgan fingerprint density at radius 2 is 2.28 bits per heavy atom. The molecule has 1 aromatic carbocycles. The van der Waals surface area contributed by atoms with Crippen molar-refractivity contribution in [2.75, 3.05) is 5.32 Å². The molecule has 1 aliphatic rings. The average molecular weight is 250 g/mol. The van der Waals surface area contributed by atoms with Crippen LogP contribution in [0.4, 0.5) is 10.1 Å². The lowest BCUT2D eigenvalue weighted by molar-refractivity contribution is -0.117. The number of anilines is 1. The zero-order chi connectivity index (χ0) is 13.1. The van der Waals surface area contributed by atoms with Gasteiger partial charge in [0.25, 0.3) is 0 Å². The lowest BCUT2D eigenvalue weighted by Gasteiger charge is -2.14. The first-order chi connectivity index (χ1) is 8.56. The first kappa shape index (κ1) is 13.0. The maximum Gasteiger partial charge on any atom is 0.224 e. The Labute approximate surface area is 107 Å². The molecule has 4 heteroatoms. The molecular formula is C14H19FN2O. The van der Waals surface area contributed by atoms with Crippen molar-refractivity contribution in [3.63, 3.8) is 0 Å². The van der Waals surface area contributed by atoms with Crippen LogP contribution in [-0.4, -0.2) is 11.9 Å². The van der Waals surface area contributed by atoms with E-state index in [0.29, 0.717) is 17.7 Å². The molecule has 1 fully saturated rings. The lowest BCUT2D eigenvalue weighted by atomic mass is 10.00. The first-order valence-electron chi connectivity index (χ1n) is 6.38. The molecule has 0 unspecified atom stereocenters. The second kappa shape index (κ2) is 5.48. The average Bonchev–Trinajstić information content (AvgIpc) is 2.70. The number of nitrogens with one attached hydrogen (secondary N) is 1. The highest BCUT2D eigenvalue weighted by Crippen LogP contribution is 2.27. The minimum atomic E-state index is -0.301.